The van der Waals surface area contributed by atoms with E-state index in [9.17, 15) is 4.79 Å². The summed E-state index contributed by atoms with van der Waals surface area (Å²) in [7, 11) is 0. The van der Waals surface area contributed by atoms with E-state index >= 15 is 0 Å². The number of benzene rings is 1. The van der Waals surface area contributed by atoms with Crippen LogP contribution < -0.4 is 15.8 Å². The van der Waals surface area contributed by atoms with Crippen molar-refractivity contribution >= 4 is 22.3 Å². The summed E-state index contributed by atoms with van der Waals surface area (Å²) in [5, 5.41) is 4.45. The van der Waals surface area contributed by atoms with Crippen LogP contribution in [-0.2, 0) is 6.42 Å². The molecule has 2 atom stereocenters. The molecule has 1 aliphatic heterocycles. The Hall–Kier alpha value is -3.12. The molecule has 31 heavy (non-hydrogen) atoms. The minimum atomic E-state index is -0.357. The van der Waals surface area contributed by atoms with Gasteiger partial charge in [-0.25, -0.2) is 9.78 Å². The summed E-state index contributed by atoms with van der Waals surface area (Å²) in [6.07, 6.45) is 4.84. The Kier molecular flexibility index (Phi) is 4.82. The highest BCUT2D eigenvalue weighted by atomic mass is 16.4. The maximum absolute atomic E-state index is 12.9. The third-order valence-corrected chi connectivity index (χ3v) is 6.06. The predicted octanol–water partition coefficient (Wildman–Crippen LogP) is 4.17. The molecule has 160 valence electrons. The second kappa shape index (κ2) is 7.54. The van der Waals surface area contributed by atoms with Crippen molar-refractivity contribution in [3.8, 4) is 11.3 Å². The Morgan fingerprint density at radius 1 is 1.13 bits per heavy atom. The first-order chi connectivity index (χ1) is 14.9. The third-order valence-electron chi connectivity index (χ3n) is 6.06. The lowest BCUT2D eigenvalue weighted by Crippen LogP contribution is -2.54. The number of nitrogens with one attached hydrogen (secondary N) is 1. The van der Waals surface area contributed by atoms with Crippen LogP contribution in [0.3, 0.4) is 0 Å². The van der Waals surface area contributed by atoms with Crippen molar-refractivity contribution in [1.82, 2.24) is 14.7 Å². The number of imidazole rings is 1. The minimum absolute atomic E-state index is 0.357. The highest BCUT2D eigenvalue weighted by Gasteiger charge is 2.22. The molecule has 0 saturated carbocycles. The number of fused-ring (bicyclic) bond motifs is 2. The fraction of sp³-hybridized carbons (Fsp3) is 0.360. The third kappa shape index (κ3) is 3.61. The van der Waals surface area contributed by atoms with E-state index in [0.29, 0.717) is 28.9 Å². The summed E-state index contributed by atoms with van der Waals surface area (Å²) in [5.41, 5.74) is 5.70. The summed E-state index contributed by atoms with van der Waals surface area (Å²) in [5.74, 6) is 0. The number of hydrogen-bond acceptors (Lipinski definition) is 5. The topological polar surface area (TPSA) is 62.8 Å². The molecule has 4 heterocycles. The van der Waals surface area contributed by atoms with Gasteiger partial charge in [0.15, 0.2) is 0 Å². The number of nitrogens with zero attached hydrogens (tertiary/aromatic N) is 3. The molecule has 1 aromatic carbocycles. The van der Waals surface area contributed by atoms with Gasteiger partial charge in [-0.1, -0.05) is 13.0 Å². The van der Waals surface area contributed by atoms with Crippen LogP contribution in [0.15, 0.2) is 51.9 Å². The number of aryl methyl sites for hydroxylation is 2. The normalized spacial score (nSPS) is 19.4. The van der Waals surface area contributed by atoms with Gasteiger partial charge in [0, 0.05) is 54.7 Å². The van der Waals surface area contributed by atoms with Crippen LogP contribution in [0.4, 0.5) is 5.69 Å². The van der Waals surface area contributed by atoms with E-state index in [2.05, 4.69) is 50.0 Å². The standard InChI is InChI=1S/C25H28N4O2/c1-5-18-8-15(2)11-29-14-22(27-24(18)29)21-9-19-6-7-20(10-23(19)31-25(21)30)28-12-16(3)26-17(4)13-28/h6-11,14,16-17,26H,5,12-13H2,1-4H3. The molecule has 0 aliphatic carbocycles. The van der Waals surface area contributed by atoms with Crippen molar-refractivity contribution in [2.24, 2.45) is 0 Å². The molecule has 0 bridgehead atoms. The van der Waals surface area contributed by atoms with Crippen LogP contribution in [0.1, 0.15) is 31.9 Å². The molecule has 1 saturated heterocycles. The summed E-state index contributed by atoms with van der Waals surface area (Å²) >= 11 is 0. The van der Waals surface area contributed by atoms with E-state index in [4.69, 9.17) is 9.40 Å². The van der Waals surface area contributed by atoms with Crippen LogP contribution in [0.2, 0.25) is 0 Å². The summed E-state index contributed by atoms with van der Waals surface area (Å²) in [4.78, 5) is 20.0. The summed E-state index contributed by atoms with van der Waals surface area (Å²) < 4.78 is 7.76. The number of piperazine rings is 1. The minimum Gasteiger partial charge on any atom is -0.422 e. The van der Waals surface area contributed by atoms with Crippen molar-refractivity contribution in [3.63, 3.8) is 0 Å². The maximum Gasteiger partial charge on any atom is 0.345 e. The monoisotopic (exact) mass is 416 g/mol. The molecule has 0 amide bonds. The first kappa shape index (κ1) is 19.8. The zero-order valence-electron chi connectivity index (χ0n) is 18.5. The zero-order chi connectivity index (χ0) is 21.7. The van der Waals surface area contributed by atoms with Gasteiger partial charge in [0.2, 0.25) is 0 Å². The van der Waals surface area contributed by atoms with Crippen LogP contribution in [0.5, 0.6) is 0 Å². The Balaban J connectivity index is 1.56. The molecule has 0 spiro atoms. The molecule has 0 radical (unpaired) electrons. The quantitative estimate of drug-likeness (QED) is 0.508. The number of aromatic nitrogens is 2. The molecular formula is C25H28N4O2. The van der Waals surface area contributed by atoms with Gasteiger partial charge in [-0.15, -0.1) is 0 Å². The number of rotatable bonds is 3. The van der Waals surface area contributed by atoms with E-state index in [-0.39, 0.29) is 5.63 Å². The Bertz CT molecular complexity index is 1330. The van der Waals surface area contributed by atoms with E-state index in [1.807, 2.05) is 35.0 Å². The van der Waals surface area contributed by atoms with Gasteiger partial charge in [0.05, 0.1) is 11.3 Å². The average molecular weight is 417 g/mol. The molecule has 1 aliphatic rings. The second-order valence-corrected chi connectivity index (χ2v) is 8.80. The summed E-state index contributed by atoms with van der Waals surface area (Å²) in [6.45, 7) is 10.4. The van der Waals surface area contributed by atoms with E-state index in [1.165, 1.54) is 11.1 Å². The van der Waals surface area contributed by atoms with Crippen LogP contribution in [0.25, 0.3) is 27.9 Å². The number of pyridine rings is 1. The lowest BCUT2D eigenvalue weighted by Gasteiger charge is -2.37. The maximum atomic E-state index is 12.9. The van der Waals surface area contributed by atoms with Gasteiger partial charge < -0.3 is 19.0 Å². The molecule has 1 fully saturated rings. The van der Waals surface area contributed by atoms with Crippen LogP contribution >= 0.6 is 0 Å². The fourth-order valence-corrected chi connectivity index (χ4v) is 4.73. The van der Waals surface area contributed by atoms with Crippen molar-refractivity contribution in [2.75, 3.05) is 18.0 Å². The predicted molar refractivity (Wildman–Crippen MR) is 125 cm³/mol. The van der Waals surface area contributed by atoms with Gasteiger partial charge in [-0.2, -0.15) is 0 Å². The van der Waals surface area contributed by atoms with Crippen molar-refractivity contribution in [3.05, 3.63) is 64.3 Å². The van der Waals surface area contributed by atoms with Gasteiger partial charge in [-0.05, 0) is 56.5 Å². The highest BCUT2D eigenvalue weighted by molar-refractivity contribution is 5.84. The SMILES string of the molecule is CCc1cc(C)cn2cc(-c3cc4ccc(N5CC(C)NC(C)C5)cc4oc3=O)nc12. The highest BCUT2D eigenvalue weighted by Crippen LogP contribution is 2.27. The van der Waals surface area contributed by atoms with Gasteiger partial charge in [0.25, 0.3) is 0 Å². The Morgan fingerprint density at radius 3 is 2.65 bits per heavy atom. The van der Waals surface area contributed by atoms with Gasteiger partial charge in [0.1, 0.15) is 11.2 Å². The second-order valence-electron chi connectivity index (χ2n) is 8.80. The van der Waals surface area contributed by atoms with Crippen molar-refractivity contribution in [2.45, 2.75) is 46.2 Å². The number of hydrogen-bond donors (Lipinski definition) is 1. The molecule has 4 aromatic rings. The molecule has 3 aromatic heterocycles. The average Bonchev–Trinajstić information content (AvgIpc) is 3.15. The molecular weight excluding hydrogens is 388 g/mol. The lowest BCUT2D eigenvalue weighted by atomic mass is 10.1. The van der Waals surface area contributed by atoms with E-state index < -0.39 is 0 Å². The fourth-order valence-electron chi connectivity index (χ4n) is 4.73. The Morgan fingerprint density at radius 2 is 1.90 bits per heavy atom. The zero-order valence-corrected chi connectivity index (χ0v) is 18.5. The molecule has 6 heteroatoms. The van der Waals surface area contributed by atoms with Gasteiger partial charge >= 0.3 is 5.63 Å². The molecule has 6 nitrogen and oxygen atoms in total. The number of anilines is 1. The largest absolute Gasteiger partial charge is 0.422 e. The smallest absolute Gasteiger partial charge is 0.345 e. The van der Waals surface area contributed by atoms with E-state index in [0.717, 1.165) is 36.2 Å². The van der Waals surface area contributed by atoms with Crippen LogP contribution in [0, 0.1) is 6.92 Å². The molecule has 2 unspecified atom stereocenters. The Labute approximate surface area is 181 Å². The van der Waals surface area contributed by atoms with Crippen LogP contribution in [-0.4, -0.2) is 34.6 Å². The first-order valence-electron chi connectivity index (χ1n) is 11.0. The van der Waals surface area contributed by atoms with Gasteiger partial charge in [-0.3, -0.25) is 0 Å². The van der Waals surface area contributed by atoms with Crippen molar-refractivity contribution in [1.29, 1.82) is 0 Å². The molecule has 1 N–H and O–H groups in total. The molecule has 5 rings (SSSR count). The van der Waals surface area contributed by atoms with Crippen molar-refractivity contribution < 1.29 is 4.42 Å². The first-order valence-corrected chi connectivity index (χ1v) is 11.0. The lowest BCUT2D eigenvalue weighted by molar-refractivity contribution is 0.407. The van der Waals surface area contributed by atoms with E-state index in [1.54, 1.807) is 0 Å². The summed E-state index contributed by atoms with van der Waals surface area (Å²) in [6, 6.07) is 11.0.